The molecular weight excluding hydrogens is 300 g/mol. The third-order valence-corrected chi connectivity index (χ3v) is 3.61. The van der Waals surface area contributed by atoms with E-state index in [1.165, 1.54) is 0 Å². The SMILES string of the molecule is CCOC(=O)Nc1ccc(Cl)cc1-c1c[nH]c2ccccc12. The third kappa shape index (κ3) is 2.78. The summed E-state index contributed by atoms with van der Waals surface area (Å²) in [4.78, 5) is 14.9. The van der Waals surface area contributed by atoms with Crippen molar-refractivity contribution in [3.63, 3.8) is 0 Å². The van der Waals surface area contributed by atoms with E-state index in [-0.39, 0.29) is 0 Å². The fourth-order valence-corrected chi connectivity index (χ4v) is 2.59. The van der Waals surface area contributed by atoms with Gasteiger partial charge < -0.3 is 9.72 Å². The number of benzene rings is 2. The Balaban J connectivity index is 2.09. The van der Waals surface area contributed by atoms with Crippen LogP contribution in [0.4, 0.5) is 10.5 Å². The van der Waals surface area contributed by atoms with Crippen molar-refractivity contribution in [3.8, 4) is 11.1 Å². The monoisotopic (exact) mass is 314 g/mol. The average molecular weight is 315 g/mol. The fraction of sp³-hybridized carbons (Fsp3) is 0.118. The lowest BCUT2D eigenvalue weighted by Crippen LogP contribution is -2.13. The Kier molecular flexibility index (Phi) is 4.02. The minimum absolute atomic E-state index is 0.321. The van der Waals surface area contributed by atoms with Crippen molar-refractivity contribution in [1.82, 2.24) is 4.98 Å². The van der Waals surface area contributed by atoms with E-state index in [0.717, 1.165) is 22.0 Å². The lowest BCUT2D eigenvalue weighted by Gasteiger charge is -2.11. The van der Waals surface area contributed by atoms with Gasteiger partial charge in [-0.1, -0.05) is 29.8 Å². The van der Waals surface area contributed by atoms with Crippen LogP contribution in [0.3, 0.4) is 0 Å². The van der Waals surface area contributed by atoms with Crippen molar-refractivity contribution in [3.05, 3.63) is 53.7 Å². The Labute approximate surface area is 133 Å². The van der Waals surface area contributed by atoms with Crippen molar-refractivity contribution in [2.24, 2.45) is 0 Å². The summed E-state index contributed by atoms with van der Waals surface area (Å²) in [6.45, 7) is 2.09. The van der Waals surface area contributed by atoms with E-state index in [9.17, 15) is 4.79 Å². The molecule has 0 unspecified atom stereocenters. The first-order chi connectivity index (χ1) is 10.7. The lowest BCUT2D eigenvalue weighted by atomic mass is 10.0. The summed E-state index contributed by atoms with van der Waals surface area (Å²) < 4.78 is 4.95. The number of hydrogen-bond acceptors (Lipinski definition) is 2. The predicted octanol–water partition coefficient (Wildman–Crippen LogP) is 5.06. The molecule has 22 heavy (non-hydrogen) atoms. The van der Waals surface area contributed by atoms with Crippen molar-refractivity contribution < 1.29 is 9.53 Å². The molecular formula is C17H15ClN2O2. The highest BCUT2D eigenvalue weighted by Gasteiger charge is 2.13. The summed E-state index contributed by atoms with van der Waals surface area (Å²) in [5, 5.41) is 4.43. The van der Waals surface area contributed by atoms with Gasteiger partial charge in [0.05, 0.1) is 12.3 Å². The summed E-state index contributed by atoms with van der Waals surface area (Å²) in [6, 6.07) is 13.3. The number of carbonyl (C=O) groups is 1. The van der Waals surface area contributed by atoms with Gasteiger partial charge in [0.15, 0.2) is 0 Å². The maximum Gasteiger partial charge on any atom is 0.411 e. The van der Waals surface area contributed by atoms with Gasteiger partial charge in [-0.15, -0.1) is 0 Å². The second-order valence-corrected chi connectivity index (χ2v) is 5.22. The van der Waals surface area contributed by atoms with E-state index < -0.39 is 6.09 Å². The topological polar surface area (TPSA) is 54.1 Å². The van der Waals surface area contributed by atoms with Gasteiger partial charge in [-0.25, -0.2) is 4.79 Å². The lowest BCUT2D eigenvalue weighted by molar-refractivity contribution is 0.168. The molecule has 2 N–H and O–H groups in total. The van der Waals surface area contributed by atoms with Crippen LogP contribution in [0.25, 0.3) is 22.0 Å². The molecule has 0 saturated heterocycles. The molecule has 5 heteroatoms. The molecule has 112 valence electrons. The molecule has 0 saturated carbocycles. The van der Waals surface area contributed by atoms with Gasteiger partial charge in [-0.2, -0.15) is 0 Å². The molecule has 0 fully saturated rings. The van der Waals surface area contributed by atoms with E-state index in [0.29, 0.717) is 17.3 Å². The molecule has 1 aromatic heterocycles. The largest absolute Gasteiger partial charge is 0.450 e. The predicted molar refractivity (Wildman–Crippen MR) is 89.4 cm³/mol. The van der Waals surface area contributed by atoms with Gasteiger partial charge in [-0.3, -0.25) is 5.32 Å². The van der Waals surface area contributed by atoms with Gasteiger partial charge in [0.1, 0.15) is 0 Å². The van der Waals surface area contributed by atoms with Crippen LogP contribution in [0, 0.1) is 0 Å². The second kappa shape index (κ2) is 6.12. The highest BCUT2D eigenvalue weighted by atomic mass is 35.5. The van der Waals surface area contributed by atoms with Gasteiger partial charge in [0, 0.05) is 33.2 Å². The Morgan fingerprint density at radius 3 is 2.86 bits per heavy atom. The molecule has 0 atom stereocenters. The van der Waals surface area contributed by atoms with Crippen molar-refractivity contribution in [2.45, 2.75) is 6.92 Å². The number of rotatable bonds is 3. The van der Waals surface area contributed by atoms with Crippen LogP contribution in [0.1, 0.15) is 6.92 Å². The van der Waals surface area contributed by atoms with Gasteiger partial charge in [0.2, 0.25) is 0 Å². The molecule has 4 nitrogen and oxygen atoms in total. The highest BCUT2D eigenvalue weighted by molar-refractivity contribution is 6.31. The zero-order chi connectivity index (χ0) is 15.5. The third-order valence-electron chi connectivity index (χ3n) is 3.37. The zero-order valence-corrected chi connectivity index (χ0v) is 12.8. The smallest absolute Gasteiger partial charge is 0.411 e. The minimum atomic E-state index is -0.481. The molecule has 2 aromatic carbocycles. The number of carbonyl (C=O) groups excluding carboxylic acids is 1. The molecule has 3 rings (SSSR count). The number of anilines is 1. The zero-order valence-electron chi connectivity index (χ0n) is 12.0. The van der Waals surface area contributed by atoms with Crippen LogP contribution in [0.5, 0.6) is 0 Å². The quantitative estimate of drug-likeness (QED) is 0.710. The maximum absolute atomic E-state index is 11.7. The molecule has 0 bridgehead atoms. The first-order valence-electron chi connectivity index (χ1n) is 6.99. The number of amides is 1. The van der Waals surface area contributed by atoms with Crippen molar-refractivity contribution in [2.75, 3.05) is 11.9 Å². The minimum Gasteiger partial charge on any atom is -0.450 e. The molecule has 1 amide bonds. The fourth-order valence-electron chi connectivity index (χ4n) is 2.42. The first kappa shape index (κ1) is 14.5. The summed E-state index contributed by atoms with van der Waals surface area (Å²) in [5.74, 6) is 0. The first-order valence-corrected chi connectivity index (χ1v) is 7.36. The van der Waals surface area contributed by atoms with Gasteiger partial charge in [0.25, 0.3) is 0 Å². The molecule has 0 radical (unpaired) electrons. The number of fused-ring (bicyclic) bond motifs is 1. The summed E-state index contributed by atoms with van der Waals surface area (Å²) in [6.07, 6.45) is 1.43. The second-order valence-electron chi connectivity index (χ2n) is 4.78. The van der Waals surface area contributed by atoms with Gasteiger partial charge >= 0.3 is 6.09 Å². The molecule has 1 heterocycles. The van der Waals surface area contributed by atoms with Crippen LogP contribution >= 0.6 is 11.6 Å². The molecule has 3 aromatic rings. The number of nitrogens with one attached hydrogen (secondary N) is 2. The standard InChI is InChI=1S/C17H15ClN2O2/c1-2-22-17(21)20-16-8-7-11(18)9-13(16)14-10-19-15-6-4-3-5-12(14)15/h3-10,19H,2H2,1H3,(H,20,21). The molecule has 0 aliphatic rings. The van der Waals surface area contributed by atoms with Crippen molar-refractivity contribution >= 4 is 34.3 Å². The Morgan fingerprint density at radius 2 is 2.05 bits per heavy atom. The molecule has 0 aliphatic carbocycles. The number of aromatic amines is 1. The van der Waals surface area contributed by atoms with Gasteiger partial charge in [-0.05, 0) is 31.2 Å². The Hall–Kier alpha value is -2.46. The average Bonchev–Trinajstić information content (AvgIpc) is 2.93. The number of halogens is 1. The summed E-state index contributed by atoms with van der Waals surface area (Å²) >= 11 is 6.13. The molecule has 0 spiro atoms. The summed E-state index contributed by atoms with van der Waals surface area (Å²) in [5.41, 5.74) is 3.51. The van der Waals surface area contributed by atoms with E-state index in [4.69, 9.17) is 16.3 Å². The van der Waals surface area contributed by atoms with E-state index in [1.54, 1.807) is 19.1 Å². The Bertz CT molecular complexity index is 826. The highest BCUT2D eigenvalue weighted by Crippen LogP contribution is 2.35. The number of para-hydroxylation sites is 1. The van der Waals surface area contributed by atoms with Crippen LogP contribution in [-0.4, -0.2) is 17.7 Å². The normalized spacial score (nSPS) is 10.6. The number of H-pyrrole nitrogens is 1. The van der Waals surface area contributed by atoms with Crippen molar-refractivity contribution in [1.29, 1.82) is 0 Å². The maximum atomic E-state index is 11.7. The Morgan fingerprint density at radius 1 is 1.23 bits per heavy atom. The molecule has 0 aliphatic heterocycles. The van der Waals surface area contributed by atoms with Crippen LogP contribution in [-0.2, 0) is 4.74 Å². The van der Waals surface area contributed by atoms with Crippen LogP contribution in [0.2, 0.25) is 5.02 Å². The van der Waals surface area contributed by atoms with E-state index in [1.807, 2.05) is 36.5 Å². The summed E-state index contributed by atoms with van der Waals surface area (Å²) in [7, 11) is 0. The number of hydrogen-bond donors (Lipinski definition) is 2. The number of aromatic nitrogens is 1. The van der Waals surface area contributed by atoms with E-state index in [2.05, 4.69) is 10.3 Å². The number of ether oxygens (including phenoxy) is 1. The van der Waals surface area contributed by atoms with Crippen LogP contribution in [0.15, 0.2) is 48.7 Å². The van der Waals surface area contributed by atoms with Crippen LogP contribution < -0.4 is 5.32 Å². The van der Waals surface area contributed by atoms with E-state index >= 15 is 0 Å².